The second kappa shape index (κ2) is 3.65. The first-order valence-corrected chi connectivity index (χ1v) is 4.58. The van der Waals surface area contributed by atoms with Crippen molar-refractivity contribution in [2.75, 3.05) is 13.2 Å². The van der Waals surface area contributed by atoms with Crippen molar-refractivity contribution in [2.24, 2.45) is 5.41 Å². The summed E-state index contributed by atoms with van der Waals surface area (Å²) in [5.74, 6) is -2.37. The van der Waals surface area contributed by atoms with Gasteiger partial charge in [-0.25, -0.2) is 8.78 Å². The van der Waals surface area contributed by atoms with Crippen LogP contribution in [-0.4, -0.2) is 19.0 Å². The second-order valence-corrected chi connectivity index (χ2v) is 3.64. The molecule has 0 saturated carbocycles. The molecule has 1 saturated heterocycles. The van der Waals surface area contributed by atoms with E-state index in [4.69, 9.17) is 10.00 Å². The Balaban J connectivity index is 2.38. The molecule has 3 nitrogen and oxygen atoms in total. The van der Waals surface area contributed by atoms with Crippen molar-refractivity contribution in [2.45, 2.75) is 0 Å². The van der Waals surface area contributed by atoms with Crippen molar-refractivity contribution < 1.29 is 18.3 Å². The molecule has 1 aliphatic rings. The summed E-state index contributed by atoms with van der Waals surface area (Å²) in [6.45, 7) is -0.0850. The lowest BCUT2D eigenvalue weighted by Gasteiger charge is -2.33. The topological polar surface area (TPSA) is 50.1 Å². The smallest absolute Gasteiger partial charge is 0.190 e. The molecule has 1 aromatic carbocycles. The minimum Gasteiger partial charge on any atom is -0.377 e. The van der Waals surface area contributed by atoms with Gasteiger partial charge < -0.3 is 4.74 Å². The van der Waals surface area contributed by atoms with Crippen LogP contribution in [-0.2, 0) is 4.74 Å². The van der Waals surface area contributed by atoms with Crippen LogP contribution < -0.4 is 0 Å². The first-order valence-electron chi connectivity index (χ1n) is 4.58. The Morgan fingerprint density at radius 3 is 2.56 bits per heavy atom. The average Bonchev–Trinajstić information content (AvgIpc) is 2.16. The molecule has 0 N–H and O–H groups in total. The zero-order valence-electron chi connectivity index (χ0n) is 8.17. The third kappa shape index (κ3) is 1.48. The highest BCUT2D eigenvalue weighted by atomic mass is 19.1. The van der Waals surface area contributed by atoms with Crippen molar-refractivity contribution >= 4 is 5.78 Å². The largest absolute Gasteiger partial charge is 0.377 e. The number of carbonyl (C=O) groups excluding carboxylic acids is 1. The van der Waals surface area contributed by atoms with Gasteiger partial charge in [0.1, 0.15) is 11.6 Å². The van der Waals surface area contributed by atoms with Gasteiger partial charge in [-0.1, -0.05) is 0 Å². The van der Waals surface area contributed by atoms with Crippen LogP contribution in [0, 0.1) is 28.4 Å². The van der Waals surface area contributed by atoms with Gasteiger partial charge in [0.05, 0.1) is 24.8 Å². The van der Waals surface area contributed by atoms with Crippen LogP contribution in [0.15, 0.2) is 18.2 Å². The lowest BCUT2D eigenvalue weighted by atomic mass is 9.80. The molecule has 0 aliphatic carbocycles. The van der Waals surface area contributed by atoms with Crippen LogP contribution in [0.2, 0.25) is 0 Å². The van der Waals surface area contributed by atoms with Gasteiger partial charge in [0.2, 0.25) is 0 Å². The molecule has 2 rings (SSSR count). The number of Topliss-reactive ketones (excluding diaryl/α,β-unsaturated/α-hetero) is 1. The number of ether oxygens (including phenoxy) is 1. The van der Waals surface area contributed by atoms with Gasteiger partial charge in [0, 0.05) is 6.07 Å². The van der Waals surface area contributed by atoms with Gasteiger partial charge >= 0.3 is 0 Å². The Morgan fingerprint density at radius 2 is 2.12 bits per heavy atom. The van der Waals surface area contributed by atoms with Crippen molar-refractivity contribution in [3.05, 3.63) is 35.4 Å². The quantitative estimate of drug-likeness (QED) is 0.717. The van der Waals surface area contributed by atoms with Crippen LogP contribution in [0.1, 0.15) is 10.4 Å². The van der Waals surface area contributed by atoms with Crippen molar-refractivity contribution in [3.8, 4) is 6.07 Å². The summed E-state index contributed by atoms with van der Waals surface area (Å²) in [5.41, 5.74) is -1.58. The zero-order chi connectivity index (χ0) is 11.8. The summed E-state index contributed by atoms with van der Waals surface area (Å²) >= 11 is 0. The van der Waals surface area contributed by atoms with Crippen LogP contribution in [0.25, 0.3) is 0 Å². The van der Waals surface area contributed by atoms with E-state index >= 15 is 0 Å². The molecule has 1 aliphatic heterocycles. The van der Waals surface area contributed by atoms with E-state index in [0.29, 0.717) is 6.07 Å². The van der Waals surface area contributed by atoms with E-state index in [2.05, 4.69) is 0 Å². The summed E-state index contributed by atoms with van der Waals surface area (Å²) < 4.78 is 30.8. The number of benzene rings is 1. The fourth-order valence-electron chi connectivity index (χ4n) is 1.48. The second-order valence-electron chi connectivity index (χ2n) is 3.64. The number of ketones is 1. The minimum absolute atomic E-state index is 0.0425. The van der Waals surface area contributed by atoms with Gasteiger partial charge in [-0.3, -0.25) is 4.79 Å². The molecule has 16 heavy (non-hydrogen) atoms. The highest BCUT2D eigenvalue weighted by Crippen LogP contribution is 2.31. The van der Waals surface area contributed by atoms with Crippen molar-refractivity contribution in [1.29, 1.82) is 5.26 Å². The SMILES string of the molecule is N#CC1(C(=O)c2ccc(F)cc2F)COC1. The Bertz CT molecular complexity index is 489. The predicted octanol–water partition coefficient (Wildman–Crippen LogP) is 1.69. The van der Waals surface area contributed by atoms with Crippen LogP contribution in [0.3, 0.4) is 0 Å². The number of carbonyl (C=O) groups is 1. The Morgan fingerprint density at radius 1 is 1.44 bits per heavy atom. The molecule has 1 fully saturated rings. The lowest BCUT2D eigenvalue weighted by molar-refractivity contribution is -0.0567. The van der Waals surface area contributed by atoms with Gasteiger partial charge in [-0.15, -0.1) is 0 Å². The van der Waals surface area contributed by atoms with Crippen LogP contribution >= 0.6 is 0 Å². The Hall–Kier alpha value is -1.80. The van der Waals surface area contributed by atoms with E-state index in [-0.39, 0.29) is 18.8 Å². The molecule has 82 valence electrons. The number of nitrogens with zero attached hydrogens (tertiary/aromatic N) is 1. The molecule has 0 aromatic heterocycles. The van der Waals surface area contributed by atoms with E-state index in [1.54, 1.807) is 0 Å². The van der Waals surface area contributed by atoms with E-state index in [1.165, 1.54) is 0 Å². The van der Waals surface area contributed by atoms with Crippen molar-refractivity contribution in [3.63, 3.8) is 0 Å². The van der Waals surface area contributed by atoms with Crippen LogP contribution in [0.4, 0.5) is 8.78 Å². The maximum Gasteiger partial charge on any atom is 0.190 e. The molecule has 0 unspecified atom stereocenters. The zero-order valence-corrected chi connectivity index (χ0v) is 8.17. The van der Waals surface area contributed by atoms with E-state index in [0.717, 1.165) is 12.1 Å². The number of hydrogen-bond acceptors (Lipinski definition) is 3. The van der Waals surface area contributed by atoms with E-state index in [9.17, 15) is 13.6 Å². The molecular weight excluding hydrogens is 216 g/mol. The Kier molecular flexibility index (Phi) is 2.44. The molecule has 1 heterocycles. The van der Waals surface area contributed by atoms with Gasteiger partial charge in [-0.05, 0) is 12.1 Å². The molecule has 0 bridgehead atoms. The average molecular weight is 223 g/mol. The molecule has 0 radical (unpaired) electrons. The number of nitriles is 1. The highest BCUT2D eigenvalue weighted by molar-refractivity contribution is 6.03. The first kappa shape index (κ1) is 10.7. The lowest BCUT2D eigenvalue weighted by Crippen LogP contribution is -2.48. The third-order valence-electron chi connectivity index (χ3n) is 2.52. The fourth-order valence-corrected chi connectivity index (χ4v) is 1.48. The Labute approximate surface area is 90.2 Å². The van der Waals surface area contributed by atoms with E-state index in [1.807, 2.05) is 6.07 Å². The summed E-state index contributed by atoms with van der Waals surface area (Å²) in [5, 5.41) is 8.87. The minimum atomic E-state index is -1.31. The highest BCUT2D eigenvalue weighted by Gasteiger charge is 2.47. The normalized spacial score (nSPS) is 17.3. The summed E-state index contributed by atoms with van der Waals surface area (Å²) in [4.78, 5) is 11.8. The van der Waals surface area contributed by atoms with Gasteiger partial charge in [0.15, 0.2) is 11.2 Å². The van der Waals surface area contributed by atoms with E-state index < -0.39 is 22.8 Å². The van der Waals surface area contributed by atoms with Crippen molar-refractivity contribution in [1.82, 2.24) is 0 Å². The van der Waals surface area contributed by atoms with Gasteiger partial charge in [-0.2, -0.15) is 5.26 Å². The molecule has 5 heteroatoms. The predicted molar refractivity (Wildman–Crippen MR) is 49.6 cm³/mol. The summed E-state index contributed by atoms with van der Waals surface area (Å²) in [6.07, 6.45) is 0. The molecule has 0 amide bonds. The molecule has 0 spiro atoms. The third-order valence-corrected chi connectivity index (χ3v) is 2.52. The van der Waals surface area contributed by atoms with Gasteiger partial charge in [0.25, 0.3) is 0 Å². The molecule has 1 aromatic rings. The maximum atomic E-state index is 13.3. The standard InChI is InChI=1S/C11H7F2NO2/c12-7-1-2-8(9(13)3-7)10(15)11(4-14)5-16-6-11/h1-3H,5-6H2. The maximum absolute atomic E-state index is 13.3. The monoisotopic (exact) mass is 223 g/mol. The number of halogens is 2. The van der Waals surface area contributed by atoms with Crippen LogP contribution in [0.5, 0.6) is 0 Å². The number of hydrogen-bond donors (Lipinski definition) is 0. The summed E-state index contributed by atoms with van der Waals surface area (Å²) in [7, 11) is 0. The number of rotatable bonds is 2. The summed E-state index contributed by atoms with van der Waals surface area (Å²) in [6, 6.07) is 4.48. The first-order chi connectivity index (χ1) is 7.59. The molecule has 0 atom stereocenters. The molecular formula is C11H7F2NO2. The fraction of sp³-hybridized carbons (Fsp3) is 0.273.